The minimum atomic E-state index is 0.104. The van der Waals surface area contributed by atoms with E-state index in [4.69, 9.17) is 38.5 Å². The van der Waals surface area contributed by atoms with Gasteiger partial charge < -0.3 is 9.13 Å². The number of nitrogens with zero attached hydrogens (tertiary/aromatic N) is 6. The smallest absolute Gasteiger partial charge is 0.164 e. The molecule has 0 fully saturated rings. The van der Waals surface area contributed by atoms with E-state index < -0.39 is 0 Å². The zero-order valence-electron chi connectivity index (χ0n) is 38.1. The average molecular weight is 896 g/mol. The highest BCUT2D eigenvalue weighted by atomic mass is 15.0. The van der Waals surface area contributed by atoms with E-state index in [0.717, 1.165) is 93.5 Å². The molecule has 0 atom stereocenters. The number of nitriles is 1. The van der Waals surface area contributed by atoms with Crippen molar-refractivity contribution in [3.05, 3.63) is 218 Å². The number of para-hydroxylation sites is 2. The predicted molar refractivity (Wildman–Crippen MR) is 294 cm³/mol. The first-order valence-corrected chi connectivity index (χ1v) is 23.4. The summed E-state index contributed by atoms with van der Waals surface area (Å²) in [6.45, 7) is 0. The fraction of sp³-hybridized carbons (Fsp3) is 0. The zero-order valence-corrected chi connectivity index (χ0v) is 38.1. The zero-order chi connectivity index (χ0) is 47.7. The van der Waals surface area contributed by atoms with E-state index in [0.29, 0.717) is 17.3 Å². The van der Waals surface area contributed by atoms with Gasteiger partial charge in [-0.15, -0.1) is 0 Å². The molecule has 0 aliphatic rings. The number of fused-ring (bicyclic) bond motifs is 8. The third-order valence-corrected chi connectivity index (χ3v) is 13.8. The normalized spacial score (nSPS) is 11.5. The summed E-state index contributed by atoms with van der Waals surface area (Å²) in [5.41, 5.74) is 11.8. The van der Waals surface area contributed by atoms with E-state index in [1.807, 2.05) is 103 Å². The maximum atomic E-state index is 11.4. The van der Waals surface area contributed by atoms with Crippen LogP contribution >= 0.6 is 0 Å². The number of aromatic nitrogens is 5. The summed E-state index contributed by atoms with van der Waals surface area (Å²) in [5.74, 6) is 1.00. The molecule has 0 N–H and O–H groups in total. The molecule has 9 heteroatoms. The van der Waals surface area contributed by atoms with E-state index in [1.54, 1.807) is 0 Å². The number of hydrogen-bond donors (Lipinski definition) is 0. The first-order chi connectivity index (χ1) is 34.9. The molecule has 71 heavy (non-hydrogen) atoms. The van der Waals surface area contributed by atoms with Gasteiger partial charge >= 0.3 is 0 Å². The molecule has 0 bridgehead atoms. The quantitative estimate of drug-likeness (QED) is 0.149. The lowest BCUT2D eigenvalue weighted by Gasteiger charge is -2.22. The maximum absolute atomic E-state index is 11.4. The van der Waals surface area contributed by atoms with Crippen LogP contribution in [0.25, 0.3) is 122 Å². The molecule has 0 unspecified atom stereocenters. The Hall–Kier alpha value is -9.25. The highest BCUT2D eigenvalue weighted by Gasteiger charge is 2.27. The topological polar surface area (TPSA) is 72.3 Å². The molecule has 6 nitrogen and oxygen atoms in total. The molecule has 322 valence electrons. The number of hydrogen-bond acceptors (Lipinski definition) is 4. The fourth-order valence-corrected chi connectivity index (χ4v) is 10.4. The van der Waals surface area contributed by atoms with Crippen LogP contribution in [0, 0.1) is 11.3 Å². The maximum Gasteiger partial charge on any atom is 0.164 e. The van der Waals surface area contributed by atoms with Crippen LogP contribution in [0.2, 0.25) is 0 Å². The van der Waals surface area contributed by atoms with E-state index in [-0.39, 0.29) is 33.3 Å². The van der Waals surface area contributed by atoms with Crippen LogP contribution in [0.5, 0.6) is 0 Å². The molecular formula is C62H35B3N6. The van der Waals surface area contributed by atoms with Gasteiger partial charge in [0.05, 0.1) is 39.0 Å². The minimum absolute atomic E-state index is 0.104. The SMILES string of the molecule is [B]c1c([B])c(-n2c3ccccc3c3ccc4c(c5ccccc5n4-c4cccc5ccccc45)c32)c(C#N)c([B])c1-c1nc(-c2ccc(-c3ccccc3)cc2)nc(-c2ccc(-c3ccccc3)cc2)n1. The van der Waals surface area contributed by atoms with Gasteiger partial charge in [0, 0.05) is 43.6 Å². The minimum Gasteiger partial charge on any atom is -0.309 e. The second kappa shape index (κ2) is 16.8. The van der Waals surface area contributed by atoms with E-state index in [1.165, 1.54) is 0 Å². The molecule has 6 radical (unpaired) electrons. The Labute approximate surface area is 413 Å². The molecule has 10 aromatic carbocycles. The number of benzene rings is 10. The van der Waals surface area contributed by atoms with Gasteiger partial charge in [-0.1, -0.05) is 204 Å². The van der Waals surface area contributed by atoms with Crippen LogP contribution in [-0.4, -0.2) is 47.6 Å². The van der Waals surface area contributed by atoms with Crippen molar-refractivity contribution in [3.8, 4) is 73.9 Å². The summed E-state index contributed by atoms with van der Waals surface area (Å²) in [4.78, 5) is 15.2. The third kappa shape index (κ3) is 6.71. The van der Waals surface area contributed by atoms with E-state index >= 15 is 0 Å². The van der Waals surface area contributed by atoms with Crippen molar-refractivity contribution in [2.45, 2.75) is 0 Å². The van der Waals surface area contributed by atoms with Gasteiger partial charge in [0.15, 0.2) is 17.5 Å². The van der Waals surface area contributed by atoms with Crippen LogP contribution in [0.15, 0.2) is 212 Å². The van der Waals surface area contributed by atoms with Crippen molar-refractivity contribution in [2.24, 2.45) is 0 Å². The number of rotatable bonds is 7. The van der Waals surface area contributed by atoms with Gasteiger partial charge in [-0.3, -0.25) is 0 Å². The summed E-state index contributed by atoms with van der Waals surface area (Å²) in [6.07, 6.45) is 0. The van der Waals surface area contributed by atoms with Crippen LogP contribution in [0.4, 0.5) is 0 Å². The Balaban J connectivity index is 1.05. The standard InChI is InChI=1S/C62H35B3N6/c63-55-48(36-66)59(71-50-23-11-9-21-45(50)46-34-35-52-53(58(46)71)47-22-10-12-24-51(47)70(52)49-25-13-19-41-18-7-8-20-44(41)49)57(65)56(64)54(55)62-68-60(42-30-26-39(27-31-42)37-14-3-1-4-15-37)67-61(69-62)43-32-28-40(29-33-43)38-16-5-2-6-17-38/h1-35H. The van der Waals surface area contributed by atoms with Gasteiger partial charge in [0.25, 0.3) is 0 Å². The lowest BCUT2D eigenvalue weighted by Crippen LogP contribution is -2.39. The molecule has 3 heterocycles. The van der Waals surface area contributed by atoms with Crippen LogP contribution in [0.3, 0.4) is 0 Å². The van der Waals surface area contributed by atoms with Crippen molar-refractivity contribution in [1.82, 2.24) is 24.1 Å². The van der Waals surface area contributed by atoms with Gasteiger partial charge in [-0.05, 0) is 51.9 Å². The molecule has 13 rings (SSSR count). The summed E-state index contributed by atoms with van der Waals surface area (Å²) in [6, 6.07) is 74.8. The molecule has 0 aliphatic heterocycles. The van der Waals surface area contributed by atoms with Crippen LogP contribution < -0.4 is 16.4 Å². The molecule has 3 aromatic heterocycles. The van der Waals surface area contributed by atoms with Crippen molar-refractivity contribution < 1.29 is 0 Å². The largest absolute Gasteiger partial charge is 0.309 e. The van der Waals surface area contributed by atoms with Crippen LogP contribution in [0.1, 0.15) is 5.56 Å². The Bertz CT molecular complexity index is 4200. The first kappa shape index (κ1) is 41.9. The van der Waals surface area contributed by atoms with Crippen molar-refractivity contribution in [1.29, 1.82) is 5.26 Å². The highest BCUT2D eigenvalue weighted by Crippen LogP contribution is 2.43. The molecule has 0 aliphatic carbocycles. The van der Waals surface area contributed by atoms with Gasteiger partial charge in [-0.2, -0.15) is 5.26 Å². The van der Waals surface area contributed by atoms with Gasteiger partial charge in [-0.25, -0.2) is 15.0 Å². The molecule has 0 saturated carbocycles. The second-order valence-corrected chi connectivity index (χ2v) is 17.7. The van der Waals surface area contributed by atoms with Crippen molar-refractivity contribution in [3.63, 3.8) is 0 Å². The Morgan fingerprint density at radius 1 is 0.366 bits per heavy atom. The molecular weight excluding hydrogens is 861 g/mol. The summed E-state index contributed by atoms with van der Waals surface area (Å²) in [5, 5.41) is 17.7. The Morgan fingerprint density at radius 2 is 0.859 bits per heavy atom. The Kier molecular flexibility index (Phi) is 9.89. The van der Waals surface area contributed by atoms with Gasteiger partial charge in [0.1, 0.15) is 29.6 Å². The summed E-state index contributed by atoms with van der Waals surface area (Å²) in [7, 11) is 21.9. The van der Waals surface area contributed by atoms with E-state index in [9.17, 15) is 5.26 Å². The summed E-state index contributed by atoms with van der Waals surface area (Å²) >= 11 is 0. The average Bonchev–Trinajstić information content (AvgIpc) is 3.95. The van der Waals surface area contributed by atoms with Crippen LogP contribution in [-0.2, 0) is 0 Å². The predicted octanol–water partition coefficient (Wildman–Crippen LogP) is 11.8. The second-order valence-electron chi connectivity index (χ2n) is 17.7. The van der Waals surface area contributed by atoms with Crippen molar-refractivity contribution in [2.75, 3.05) is 0 Å². The van der Waals surface area contributed by atoms with Gasteiger partial charge in [0.2, 0.25) is 0 Å². The molecule has 0 saturated heterocycles. The van der Waals surface area contributed by atoms with Crippen molar-refractivity contribution >= 4 is 94.3 Å². The monoisotopic (exact) mass is 896 g/mol. The molecule has 13 aromatic rings. The lowest BCUT2D eigenvalue weighted by molar-refractivity contribution is 1.08. The fourth-order valence-electron chi connectivity index (χ4n) is 10.4. The lowest BCUT2D eigenvalue weighted by atomic mass is 9.69. The highest BCUT2D eigenvalue weighted by molar-refractivity contribution is 6.56. The molecule has 0 spiro atoms. The third-order valence-electron chi connectivity index (χ3n) is 13.8. The first-order valence-electron chi connectivity index (χ1n) is 23.4. The van der Waals surface area contributed by atoms with E-state index in [2.05, 4.69) is 124 Å². The summed E-state index contributed by atoms with van der Waals surface area (Å²) < 4.78 is 4.40. The Morgan fingerprint density at radius 3 is 1.48 bits per heavy atom. The molecule has 0 amide bonds.